The quantitative estimate of drug-likeness (QED) is 0.843. The molecule has 0 saturated carbocycles. The highest BCUT2D eigenvalue weighted by Crippen LogP contribution is 2.26. The van der Waals surface area contributed by atoms with Crippen molar-refractivity contribution in [1.29, 1.82) is 5.26 Å². The van der Waals surface area contributed by atoms with Gasteiger partial charge in [0.1, 0.15) is 0 Å². The lowest BCUT2D eigenvalue weighted by Gasteiger charge is -2.15. The summed E-state index contributed by atoms with van der Waals surface area (Å²) in [6, 6.07) is 11.9. The number of hydrogen-bond donors (Lipinski definition) is 0. The van der Waals surface area contributed by atoms with Crippen molar-refractivity contribution in [2.75, 3.05) is 0 Å². The summed E-state index contributed by atoms with van der Waals surface area (Å²) in [7, 11) is 0. The van der Waals surface area contributed by atoms with Crippen LogP contribution in [0.5, 0.6) is 0 Å². The molecule has 4 heteroatoms. The lowest BCUT2D eigenvalue weighted by molar-refractivity contribution is -0.119. The molecule has 4 nitrogen and oxygen atoms in total. The van der Waals surface area contributed by atoms with Crippen LogP contribution in [0.2, 0.25) is 0 Å². The number of aryl methyl sites for hydroxylation is 3. The van der Waals surface area contributed by atoms with E-state index in [4.69, 9.17) is 0 Å². The first-order chi connectivity index (χ1) is 10.9. The Hall–Kier alpha value is -2.54. The summed E-state index contributed by atoms with van der Waals surface area (Å²) in [5.74, 6) is -0.661. The van der Waals surface area contributed by atoms with E-state index in [0.717, 1.165) is 22.5 Å². The molecule has 2 atom stereocenters. The summed E-state index contributed by atoms with van der Waals surface area (Å²) in [6.07, 6.45) is 0.305. The molecule has 0 aliphatic heterocycles. The maximum Gasteiger partial charge on any atom is 0.164 e. The van der Waals surface area contributed by atoms with Gasteiger partial charge in [0.15, 0.2) is 17.5 Å². The SMILES string of the molecule is Cc1cc(C)nc([C@H](C#N)C(=O)C[C@H](C)c2ccccc2C)n1. The maximum atomic E-state index is 12.6. The fourth-order valence-corrected chi connectivity index (χ4v) is 2.83. The van der Waals surface area contributed by atoms with E-state index in [1.807, 2.05) is 58.0 Å². The van der Waals surface area contributed by atoms with Crippen LogP contribution < -0.4 is 0 Å². The number of benzene rings is 1. The van der Waals surface area contributed by atoms with Crippen LogP contribution in [0.25, 0.3) is 0 Å². The largest absolute Gasteiger partial charge is 0.298 e. The molecule has 1 aromatic carbocycles. The van der Waals surface area contributed by atoms with Gasteiger partial charge in [0, 0.05) is 17.8 Å². The second-order valence-corrected chi connectivity index (χ2v) is 6.00. The number of rotatable bonds is 5. The number of carbonyl (C=O) groups is 1. The molecule has 0 spiro atoms. The molecule has 0 aliphatic rings. The number of ketones is 1. The standard InChI is InChI=1S/C19H21N3O/c1-12-7-5-6-8-16(12)13(2)9-18(23)17(11-20)19-21-14(3)10-15(4)22-19/h5-8,10,13,17H,9H2,1-4H3/t13-,17+/m0/s1. The predicted molar refractivity (Wildman–Crippen MR) is 89.1 cm³/mol. The van der Waals surface area contributed by atoms with Gasteiger partial charge in [-0.15, -0.1) is 0 Å². The zero-order valence-corrected chi connectivity index (χ0v) is 14.0. The Bertz CT molecular complexity index is 741. The van der Waals surface area contributed by atoms with E-state index >= 15 is 0 Å². The zero-order chi connectivity index (χ0) is 17.0. The van der Waals surface area contributed by atoms with Crippen LogP contribution in [0.1, 0.15) is 53.5 Å². The lowest BCUT2D eigenvalue weighted by atomic mass is 9.88. The molecular formula is C19H21N3O. The van der Waals surface area contributed by atoms with Gasteiger partial charge >= 0.3 is 0 Å². The Labute approximate surface area is 137 Å². The molecule has 0 saturated heterocycles. The minimum Gasteiger partial charge on any atom is -0.298 e. The van der Waals surface area contributed by atoms with Gasteiger partial charge in [0.25, 0.3) is 0 Å². The van der Waals surface area contributed by atoms with Gasteiger partial charge in [-0.1, -0.05) is 31.2 Å². The van der Waals surface area contributed by atoms with Crippen molar-refractivity contribution in [2.45, 2.75) is 46.0 Å². The summed E-state index contributed by atoms with van der Waals surface area (Å²) < 4.78 is 0. The van der Waals surface area contributed by atoms with Crippen molar-refractivity contribution >= 4 is 5.78 Å². The molecule has 0 unspecified atom stereocenters. The van der Waals surface area contributed by atoms with E-state index in [-0.39, 0.29) is 11.7 Å². The van der Waals surface area contributed by atoms with Crippen molar-refractivity contribution in [3.63, 3.8) is 0 Å². The van der Waals surface area contributed by atoms with E-state index in [0.29, 0.717) is 12.2 Å². The van der Waals surface area contributed by atoms with Gasteiger partial charge < -0.3 is 0 Å². The predicted octanol–water partition coefficient (Wildman–Crippen LogP) is 3.77. The van der Waals surface area contributed by atoms with Gasteiger partial charge in [-0.25, -0.2) is 9.97 Å². The minimum atomic E-state index is -0.903. The van der Waals surface area contributed by atoms with Crippen molar-refractivity contribution in [1.82, 2.24) is 9.97 Å². The van der Waals surface area contributed by atoms with E-state index in [2.05, 4.69) is 16.0 Å². The molecule has 0 N–H and O–H groups in total. The second-order valence-electron chi connectivity index (χ2n) is 6.00. The normalized spacial score (nSPS) is 13.2. The molecule has 0 amide bonds. The first kappa shape index (κ1) is 16.8. The van der Waals surface area contributed by atoms with E-state index < -0.39 is 5.92 Å². The van der Waals surface area contributed by atoms with E-state index in [9.17, 15) is 10.1 Å². The van der Waals surface area contributed by atoms with Crippen LogP contribution in [0.3, 0.4) is 0 Å². The fraction of sp³-hybridized carbons (Fsp3) is 0.368. The summed E-state index contributed by atoms with van der Waals surface area (Å²) in [5, 5.41) is 9.42. The molecule has 23 heavy (non-hydrogen) atoms. The third-order valence-electron chi connectivity index (χ3n) is 3.94. The molecule has 2 aromatic rings. The average molecular weight is 307 g/mol. The number of aromatic nitrogens is 2. The summed E-state index contributed by atoms with van der Waals surface area (Å²) in [4.78, 5) is 21.1. The molecule has 0 aliphatic carbocycles. The van der Waals surface area contributed by atoms with Crippen LogP contribution in [0.15, 0.2) is 30.3 Å². The van der Waals surface area contributed by atoms with Crippen molar-refractivity contribution in [3.05, 3.63) is 58.7 Å². The third kappa shape index (κ3) is 4.01. The Morgan fingerprint density at radius 2 is 1.78 bits per heavy atom. The smallest absolute Gasteiger partial charge is 0.164 e. The number of hydrogen-bond acceptors (Lipinski definition) is 4. The first-order valence-corrected chi connectivity index (χ1v) is 7.72. The van der Waals surface area contributed by atoms with Crippen molar-refractivity contribution < 1.29 is 4.79 Å². The first-order valence-electron chi connectivity index (χ1n) is 7.72. The van der Waals surface area contributed by atoms with Crippen LogP contribution >= 0.6 is 0 Å². The monoisotopic (exact) mass is 307 g/mol. The van der Waals surface area contributed by atoms with Gasteiger partial charge in [-0.05, 0) is 43.9 Å². The van der Waals surface area contributed by atoms with Crippen LogP contribution in [0.4, 0.5) is 0 Å². The molecule has 2 rings (SSSR count). The summed E-state index contributed by atoms with van der Waals surface area (Å²) in [6.45, 7) is 7.72. The van der Waals surface area contributed by atoms with E-state index in [1.165, 1.54) is 0 Å². The number of Topliss-reactive ketones (excluding diaryl/α,β-unsaturated/α-hetero) is 1. The zero-order valence-electron chi connectivity index (χ0n) is 14.0. The Balaban J connectivity index is 2.21. The van der Waals surface area contributed by atoms with Gasteiger partial charge in [-0.3, -0.25) is 4.79 Å². The van der Waals surface area contributed by atoms with E-state index in [1.54, 1.807) is 0 Å². The molecule has 0 fully saturated rings. The molecule has 1 heterocycles. The summed E-state index contributed by atoms with van der Waals surface area (Å²) in [5.41, 5.74) is 3.84. The van der Waals surface area contributed by atoms with Crippen LogP contribution in [-0.4, -0.2) is 15.8 Å². The van der Waals surface area contributed by atoms with Gasteiger partial charge in [0.2, 0.25) is 0 Å². The van der Waals surface area contributed by atoms with Gasteiger partial charge in [-0.2, -0.15) is 5.26 Å². The molecule has 118 valence electrons. The lowest BCUT2D eigenvalue weighted by Crippen LogP contribution is -2.17. The Kier molecular flexibility index (Phi) is 5.23. The third-order valence-corrected chi connectivity index (χ3v) is 3.94. The summed E-state index contributed by atoms with van der Waals surface area (Å²) >= 11 is 0. The van der Waals surface area contributed by atoms with Crippen LogP contribution in [0, 0.1) is 32.1 Å². The van der Waals surface area contributed by atoms with Gasteiger partial charge in [0.05, 0.1) is 6.07 Å². The topological polar surface area (TPSA) is 66.6 Å². The molecule has 0 radical (unpaired) electrons. The highest BCUT2D eigenvalue weighted by Gasteiger charge is 2.25. The Morgan fingerprint density at radius 1 is 1.17 bits per heavy atom. The molecule has 1 aromatic heterocycles. The fourth-order valence-electron chi connectivity index (χ4n) is 2.83. The number of carbonyl (C=O) groups excluding carboxylic acids is 1. The second kappa shape index (κ2) is 7.15. The highest BCUT2D eigenvalue weighted by molar-refractivity contribution is 5.88. The number of nitriles is 1. The Morgan fingerprint density at radius 3 is 2.35 bits per heavy atom. The van der Waals surface area contributed by atoms with Crippen molar-refractivity contribution in [2.24, 2.45) is 0 Å². The highest BCUT2D eigenvalue weighted by atomic mass is 16.1. The molecule has 0 bridgehead atoms. The van der Waals surface area contributed by atoms with Crippen LogP contribution in [-0.2, 0) is 4.79 Å². The average Bonchev–Trinajstić information content (AvgIpc) is 2.47. The maximum absolute atomic E-state index is 12.6. The minimum absolute atomic E-state index is 0.0606. The molecular weight excluding hydrogens is 286 g/mol. The number of nitrogens with zero attached hydrogens (tertiary/aromatic N) is 3. The van der Waals surface area contributed by atoms with Crippen molar-refractivity contribution in [3.8, 4) is 6.07 Å².